The summed E-state index contributed by atoms with van der Waals surface area (Å²) < 4.78 is 1.89. The van der Waals surface area contributed by atoms with Gasteiger partial charge in [0, 0.05) is 25.7 Å². The maximum Gasteiger partial charge on any atom is 0.0995 e. The lowest BCUT2D eigenvalue weighted by Crippen LogP contribution is -2.01. The van der Waals surface area contributed by atoms with Crippen LogP contribution in [0.1, 0.15) is 66.6 Å². The first-order valence-corrected chi connectivity index (χ1v) is 17.9. The number of nitrogens with zero attached hydrogens (tertiary/aromatic N) is 2. The Morgan fingerprint density at radius 3 is 1.67 bits per heavy atom. The molecule has 0 saturated heterocycles. The molecule has 0 aliphatic carbocycles. The Balaban J connectivity index is 0.000000324. The van der Waals surface area contributed by atoms with Gasteiger partial charge < -0.3 is 0 Å². The molecule has 2 nitrogen and oxygen atoms in total. The van der Waals surface area contributed by atoms with Crippen LogP contribution in [-0.4, -0.2) is 0 Å². The predicted octanol–water partition coefficient (Wildman–Crippen LogP) is 14.2. The molecule has 0 aromatic heterocycles. The lowest BCUT2D eigenvalue weighted by Gasteiger charge is -2.15. The van der Waals surface area contributed by atoms with Crippen molar-refractivity contribution in [2.75, 3.05) is 0 Å². The molecule has 43 heavy (non-hydrogen) atoms. The third-order valence-corrected chi connectivity index (χ3v) is 10.8. The van der Waals surface area contributed by atoms with Crippen LogP contribution in [0.15, 0.2) is 27.1 Å². The van der Waals surface area contributed by atoms with Crippen molar-refractivity contribution in [2.45, 2.75) is 65.1 Å². The molecule has 0 bridgehead atoms. The summed E-state index contributed by atoms with van der Waals surface area (Å²) in [7, 11) is 0. The Labute approximate surface area is 311 Å². The lowest BCUT2D eigenvalue weighted by molar-refractivity contribution is 0.643. The van der Waals surface area contributed by atoms with Crippen LogP contribution in [0.2, 0.25) is 30.1 Å². The van der Waals surface area contributed by atoms with Crippen LogP contribution in [0.4, 0.5) is 0 Å². The molecule has 232 valence electrons. The highest BCUT2D eigenvalue weighted by Gasteiger charge is 2.16. The molecule has 3 aromatic rings. The molecule has 0 aliphatic rings. The molecule has 0 fully saturated rings. The highest BCUT2D eigenvalue weighted by Crippen LogP contribution is 2.37. The Morgan fingerprint density at radius 1 is 0.674 bits per heavy atom. The van der Waals surface area contributed by atoms with Crippen LogP contribution in [0.5, 0.6) is 0 Å². The topological polar surface area (TPSA) is 47.6 Å². The zero-order valence-corrected chi connectivity index (χ0v) is 32.9. The second-order valence-corrected chi connectivity index (χ2v) is 14.0. The maximum atomic E-state index is 8.92. The second kappa shape index (κ2) is 20.2. The molecule has 0 spiro atoms. The number of rotatable bonds is 7. The van der Waals surface area contributed by atoms with Gasteiger partial charge >= 0.3 is 0 Å². The van der Waals surface area contributed by atoms with Gasteiger partial charge in [-0.05, 0) is 92.7 Å². The summed E-state index contributed by atoms with van der Waals surface area (Å²) >= 11 is 54.5. The molecule has 0 aliphatic heterocycles. The van der Waals surface area contributed by atoms with E-state index in [-0.39, 0.29) is 6.42 Å². The summed E-state index contributed by atoms with van der Waals surface area (Å²) in [5.41, 5.74) is 6.13. The van der Waals surface area contributed by atoms with Crippen molar-refractivity contribution < 1.29 is 0 Å². The van der Waals surface area contributed by atoms with Gasteiger partial charge in [-0.15, -0.1) is 23.2 Å². The zero-order chi connectivity index (χ0) is 33.0. The standard InChI is InChI=1S/C11H12BrCl3.C11H8Cl2N2.C9H8BrCl3/c1-6(2)3-7-8(5-13)9(14)4-10(15)11(7)12;1-2-8-7(6-15)5-10(12)11(13)9(8)3-4-14;1-2-5-6(4-11)9(13)8(12)3-7(5)10/h4,6H,3,5H2,1-2H3;5H,2-3H2,1H3;3H,2,4H2,1H3. The number of hydrogen-bond acceptors (Lipinski definition) is 2. The maximum absolute atomic E-state index is 8.92. The van der Waals surface area contributed by atoms with Crippen molar-refractivity contribution in [2.24, 2.45) is 5.92 Å². The summed E-state index contributed by atoms with van der Waals surface area (Å²) in [6.45, 7) is 8.28. The highest BCUT2D eigenvalue weighted by molar-refractivity contribution is 9.10. The molecule has 0 N–H and O–H groups in total. The fourth-order valence-electron chi connectivity index (χ4n) is 4.14. The molecule has 0 amide bonds. The summed E-state index contributed by atoms with van der Waals surface area (Å²) in [6.07, 6.45) is 2.65. The summed E-state index contributed by atoms with van der Waals surface area (Å²) in [5.74, 6) is 1.34. The van der Waals surface area contributed by atoms with E-state index in [1.807, 2.05) is 13.0 Å². The van der Waals surface area contributed by atoms with E-state index in [1.54, 1.807) is 18.2 Å². The molecule has 12 heteroatoms. The van der Waals surface area contributed by atoms with Crippen molar-refractivity contribution in [3.8, 4) is 12.1 Å². The molecular weight excluding hydrogens is 844 g/mol. The molecule has 0 radical (unpaired) electrons. The molecule has 0 saturated carbocycles. The Hall–Kier alpha value is -0.0800. The third-order valence-electron chi connectivity index (χ3n) is 6.16. The molecular formula is C31H28Br2Cl8N2. The van der Waals surface area contributed by atoms with E-state index in [0.717, 1.165) is 49.6 Å². The normalized spacial score (nSPS) is 10.3. The van der Waals surface area contributed by atoms with Crippen LogP contribution in [-0.2, 0) is 37.4 Å². The SMILES string of the molecule is CC(C)Cc1c(Br)c(Cl)cc(Cl)c1CCl.CCc1c(Br)cc(Cl)c(Cl)c1CCl.CCc1c(C#N)cc(Cl)c(Cl)c1CC#N. The number of benzene rings is 3. The number of halogens is 10. The molecule has 0 heterocycles. The summed E-state index contributed by atoms with van der Waals surface area (Å²) in [6, 6.07) is 9.17. The molecule has 0 unspecified atom stereocenters. The Bertz CT molecular complexity index is 1510. The van der Waals surface area contributed by atoms with E-state index in [2.05, 4.69) is 58.7 Å². The minimum atomic E-state index is 0.178. The monoisotopic (exact) mass is 866 g/mol. The average molecular weight is 872 g/mol. The summed E-state index contributed by atoms with van der Waals surface area (Å²) in [5, 5.41) is 20.7. The quantitative estimate of drug-likeness (QED) is 0.175. The van der Waals surface area contributed by atoms with Crippen molar-refractivity contribution in [1.82, 2.24) is 0 Å². The molecule has 0 atom stereocenters. The minimum absolute atomic E-state index is 0.178. The summed E-state index contributed by atoms with van der Waals surface area (Å²) in [4.78, 5) is 0. The largest absolute Gasteiger partial charge is 0.198 e. The number of alkyl halides is 2. The third kappa shape index (κ3) is 11.3. The van der Waals surface area contributed by atoms with Gasteiger partial charge in [0.2, 0.25) is 0 Å². The first-order valence-electron chi connectivity index (χ1n) is 12.9. The van der Waals surface area contributed by atoms with Gasteiger partial charge in [-0.3, -0.25) is 0 Å². The van der Waals surface area contributed by atoms with Crippen molar-refractivity contribution in [1.29, 1.82) is 10.5 Å². The van der Waals surface area contributed by atoms with Crippen molar-refractivity contribution in [3.63, 3.8) is 0 Å². The van der Waals surface area contributed by atoms with E-state index >= 15 is 0 Å². The first kappa shape index (κ1) is 40.9. The van der Waals surface area contributed by atoms with E-state index in [9.17, 15) is 0 Å². The van der Waals surface area contributed by atoms with E-state index in [0.29, 0.717) is 65.4 Å². The highest BCUT2D eigenvalue weighted by atomic mass is 79.9. The van der Waals surface area contributed by atoms with Crippen LogP contribution < -0.4 is 0 Å². The van der Waals surface area contributed by atoms with Gasteiger partial charge in [-0.25, -0.2) is 0 Å². The Kier molecular flexibility index (Phi) is 19.3. The number of hydrogen-bond donors (Lipinski definition) is 0. The van der Waals surface area contributed by atoms with Gasteiger partial charge in [0.25, 0.3) is 0 Å². The van der Waals surface area contributed by atoms with Gasteiger partial charge in [-0.2, -0.15) is 10.5 Å². The molecule has 3 aromatic carbocycles. The predicted molar refractivity (Wildman–Crippen MR) is 195 cm³/mol. The van der Waals surface area contributed by atoms with E-state index in [1.165, 1.54) is 0 Å². The van der Waals surface area contributed by atoms with Gasteiger partial charge in [0.15, 0.2) is 0 Å². The van der Waals surface area contributed by atoms with Crippen molar-refractivity contribution >= 4 is 125 Å². The number of nitriles is 2. The fraction of sp³-hybridized carbons (Fsp3) is 0.355. The molecule has 3 rings (SSSR count). The van der Waals surface area contributed by atoms with E-state index in [4.69, 9.17) is 103 Å². The Morgan fingerprint density at radius 2 is 1.21 bits per heavy atom. The first-order chi connectivity index (χ1) is 20.2. The average Bonchev–Trinajstić information content (AvgIpc) is 2.96. The van der Waals surface area contributed by atoms with Gasteiger partial charge in [-0.1, -0.05) is 113 Å². The second-order valence-electron chi connectivity index (χ2n) is 9.42. The van der Waals surface area contributed by atoms with E-state index < -0.39 is 0 Å². The minimum Gasteiger partial charge on any atom is -0.198 e. The zero-order valence-electron chi connectivity index (χ0n) is 23.7. The fourth-order valence-corrected chi connectivity index (χ4v) is 7.75. The van der Waals surface area contributed by atoms with Crippen LogP contribution in [0.25, 0.3) is 0 Å². The van der Waals surface area contributed by atoms with Gasteiger partial charge in [0.05, 0.1) is 49.2 Å². The smallest absolute Gasteiger partial charge is 0.0995 e. The van der Waals surface area contributed by atoms with Crippen LogP contribution in [0, 0.1) is 28.6 Å². The lowest BCUT2D eigenvalue weighted by atomic mass is 9.97. The van der Waals surface area contributed by atoms with Crippen LogP contribution >= 0.6 is 125 Å². The van der Waals surface area contributed by atoms with Gasteiger partial charge in [0.1, 0.15) is 0 Å². The van der Waals surface area contributed by atoms with Crippen LogP contribution in [0.3, 0.4) is 0 Å². The van der Waals surface area contributed by atoms with Crippen molar-refractivity contribution in [3.05, 3.63) is 96.2 Å².